The Labute approximate surface area is 236 Å². The molecule has 11 nitrogen and oxygen atoms in total. The summed E-state index contributed by atoms with van der Waals surface area (Å²) in [5.74, 6) is 0.502. The van der Waals surface area contributed by atoms with E-state index in [0.717, 1.165) is 5.56 Å². The third-order valence-electron chi connectivity index (χ3n) is 6.99. The fourth-order valence-electron chi connectivity index (χ4n) is 4.94. The molecule has 0 radical (unpaired) electrons. The van der Waals surface area contributed by atoms with Crippen molar-refractivity contribution in [2.45, 2.75) is 38.8 Å². The molecule has 0 saturated carbocycles. The van der Waals surface area contributed by atoms with Crippen molar-refractivity contribution in [3.63, 3.8) is 0 Å². The number of aryl methyl sites for hydroxylation is 1. The van der Waals surface area contributed by atoms with E-state index in [4.69, 9.17) is 30.7 Å². The Morgan fingerprint density at radius 2 is 2.00 bits per heavy atom. The number of rotatable bonds is 7. The number of carbonyl (C=O) groups excluding carboxylic acids is 1. The average Bonchev–Trinajstić information content (AvgIpc) is 3.30. The maximum Gasteiger partial charge on any atom is 0.290 e. The molecule has 0 bridgehead atoms. The Morgan fingerprint density at radius 1 is 1.25 bits per heavy atom. The fraction of sp³-hybridized carbons (Fsp3) is 0.333. The highest BCUT2D eigenvalue weighted by Crippen LogP contribution is 2.36. The molecule has 2 aromatic carbocycles. The predicted octanol–water partition coefficient (Wildman–Crippen LogP) is 2.90. The average molecular weight is 590 g/mol. The Morgan fingerprint density at radius 3 is 2.70 bits per heavy atom. The van der Waals surface area contributed by atoms with E-state index in [-0.39, 0.29) is 36.6 Å². The molecule has 0 aliphatic carbocycles. The van der Waals surface area contributed by atoms with Gasteiger partial charge in [-0.1, -0.05) is 29.8 Å². The smallest absolute Gasteiger partial charge is 0.290 e. The number of hydrogen-bond donors (Lipinski definition) is 1. The summed E-state index contributed by atoms with van der Waals surface area (Å²) in [6.45, 7) is 4.07. The van der Waals surface area contributed by atoms with E-state index < -0.39 is 7.82 Å². The number of nitrogens with zero attached hydrogens (tertiary/aromatic N) is 3. The normalized spacial score (nSPS) is 23.4. The lowest BCUT2D eigenvalue weighted by molar-refractivity contribution is -0.596. The van der Waals surface area contributed by atoms with E-state index in [1.807, 2.05) is 36.1 Å². The molecule has 1 aromatic heterocycles. The van der Waals surface area contributed by atoms with Crippen LogP contribution in [0.3, 0.4) is 0 Å². The summed E-state index contributed by atoms with van der Waals surface area (Å²) in [6.07, 6.45) is 4.78. The van der Waals surface area contributed by atoms with Gasteiger partial charge in [-0.3, -0.25) is 13.9 Å². The number of morpholine rings is 2. The summed E-state index contributed by atoms with van der Waals surface area (Å²) in [6, 6.07) is 12.3. The third-order valence-corrected chi connectivity index (χ3v) is 7.69. The molecule has 1 amide bonds. The number of amides is 1. The Kier molecular flexibility index (Phi) is 8.05. The van der Waals surface area contributed by atoms with Gasteiger partial charge in [-0.25, -0.2) is 4.57 Å². The number of fused-ring (bicyclic) bond motifs is 1. The number of methoxy groups -OCH3 is 1. The first kappa shape index (κ1) is 28.4. The highest BCUT2D eigenvalue weighted by molar-refractivity contribution is 7.44. The second-order valence-electron chi connectivity index (χ2n) is 9.64. The van der Waals surface area contributed by atoms with Crippen molar-refractivity contribution in [2.24, 2.45) is 0 Å². The van der Waals surface area contributed by atoms with E-state index in [1.165, 1.54) is 11.7 Å². The van der Waals surface area contributed by atoms with Crippen molar-refractivity contribution >= 4 is 31.4 Å². The molecule has 1 N–H and O–H groups in total. The van der Waals surface area contributed by atoms with Gasteiger partial charge >= 0.3 is 0 Å². The summed E-state index contributed by atoms with van der Waals surface area (Å²) >= 11 is 6.08. The minimum atomic E-state index is -4.86. The van der Waals surface area contributed by atoms with Crippen LogP contribution in [0.15, 0.2) is 60.7 Å². The summed E-state index contributed by atoms with van der Waals surface area (Å²) in [7, 11) is -3.33. The molecule has 212 valence electrons. The third kappa shape index (κ3) is 5.95. The number of imidazole rings is 1. The van der Waals surface area contributed by atoms with Crippen molar-refractivity contribution in [1.82, 2.24) is 9.47 Å². The summed E-state index contributed by atoms with van der Waals surface area (Å²) < 4.78 is 36.3. The van der Waals surface area contributed by atoms with Gasteiger partial charge in [0.2, 0.25) is 0 Å². The van der Waals surface area contributed by atoms with Gasteiger partial charge in [0.15, 0.2) is 23.9 Å². The lowest BCUT2D eigenvalue weighted by Crippen LogP contribution is -2.59. The van der Waals surface area contributed by atoms with Crippen LogP contribution in [0.5, 0.6) is 5.75 Å². The van der Waals surface area contributed by atoms with Gasteiger partial charge in [0, 0.05) is 11.9 Å². The molecular weight excluding hydrogens is 561 g/mol. The number of aromatic nitrogens is 2. The van der Waals surface area contributed by atoms with Gasteiger partial charge in [0.25, 0.3) is 20.1 Å². The van der Waals surface area contributed by atoms with Gasteiger partial charge in [0.05, 0.1) is 32.4 Å². The van der Waals surface area contributed by atoms with Crippen LogP contribution in [0.25, 0.3) is 11.8 Å². The maximum atomic E-state index is 13.7. The number of halogens is 1. The molecule has 0 spiro atoms. The van der Waals surface area contributed by atoms with E-state index in [9.17, 15) is 14.3 Å². The minimum absolute atomic E-state index is 0.220. The molecule has 2 aliphatic rings. The number of hydrogen-bond acceptors (Lipinski definition) is 7. The molecule has 40 heavy (non-hydrogen) atoms. The zero-order valence-corrected chi connectivity index (χ0v) is 23.7. The van der Waals surface area contributed by atoms with Crippen molar-refractivity contribution in [3.05, 3.63) is 82.6 Å². The van der Waals surface area contributed by atoms with Crippen LogP contribution in [0.4, 0.5) is 0 Å². The lowest BCUT2D eigenvalue weighted by atomic mass is 9.97. The van der Waals surface area contributed by atoms with E-state index in [2.05, 4.69) is 4.52 Å². The van der Waals surface area contributed by atoms with Crippen LogP contribution in [0.2, 0.25) is 5.02 Å². The summed E-state index contributed by atoms with van der Waals surface area (Å²) in [4.78, 5) is 35.5. The van der Waals surface area contributed by atoms with Gasteiger partial charge in [0.1, 0.15) is 18.0 Å². The molecular formula is C27H29ClN3O8P. The number of benzene rings is 2. The first-order chi connectivity index (χ1) is 19.0. The van der Waals surface area contributed by atoms with Gasteiger partial charge in [-0.05, 0) is 48.4 Å². The van der Waals surface area contributed by atoms with Crippen LogP contribution in [-0.2, 0) is 30.1 Å². The first-order valence-corrected chi connectivity index (χ1v) is 14.4. The standard InChI is InChI=1S/C27H29ClN3O8P/c1-17-12-29(15-30(17)16-38-40(33,34)35)22-9-4-19(10-25(22)36-3)11-26-27(32)31-23(18(2)39-26)13-37-14-24(31)20-5-7-21(28)8-6-20/h4-12,15,18,23-24H,13-14,16H2,1-3H3,(H-,33,34,35)/b26-11-/t18-,23+,24-/m0/s1. The molecule has 2 saturated heterocycles. The van der Waals surface area contributed by atoms with Crippen LogP contribution >= 0.6 is 19.4 Å². The van der Waals surface area contributed by atoms with Crippen molar-refractivity contribution in [2.75, 3.05) is 20.3 Å². The van der Waals surface area contributed by atoms with Crippen molar-refractivity contribution < 1.29 is 42.4 Å². The summed E-state index contributed by atoms with van der Waals surface area (Å²) in [5.41, 5.74) is 2.98. The molecule has 1 unspecified atom stereocenters. The van der Waals surface area contributed by atoms with Crippen LogP contribution in [0.1, 0.15) is 29.8 Å². The Hall–Kier alpha value is -3.18. The highest BCUT2D eigenvalue weighted by Gasteiger charge is 2.45. The molecule has 3 aromatic rings. The molecule has 5 rings (SSSR count). The zero-order chi connectivity index (χ0) is 28.6. The second kappa shape index (κ2) is 11.4. The number of carbonyl (C=O) groups is 1. The predicted molar refractivity (Wildman–Crippen MR) is 142 cm³/mol. The van der Waals surface area contributed by atoms with Crippen molar-refractivity contribution in [3.8, 4) is 11.4 Å². The number of phosphoric ester groups is 1. The van der Waals surface area contributed by atoms with Crippen molar-refractivity contribution in [1.29, 1.82) is 0 Å². The Bertz CT molecular complexity index is 1490. The molecule has 13 heteroatoms. The van der Waals surface area contributed by atoms with E-state index in [1.54, 1.807) is 48.3 Å². The lowest BCUT2D eigenvalue weighted by Gasteiger charge is -2.47. The maximum absolute atomic E-state index is 13.7. The first-order valence-electron chi connectivity index (χ1n) is 12.5. The van der Waals surface area contributed by atoms with Gasteiger partial charge < -0.3 is 28.9 Å². The monoisotopic (exact) mass is 589 g/mol. The second-order valence-corrected chi connectivity index (χ2v) is 11.3. The van der Waals surface area contributed by atoms with E-state index in [0.29, 0.717) is 40.9 Å². The zero-order valence-electron chi connectivity index (χ0n) is 22.1. The number of phosphoric acid groups is 1. The van der Waals surface area contributed by atoms with Crippen LogP contribution in [-0.4, -0.2) is 52.7 Å². The SMILES string of the molecule is COc1cc(/C=C2\O[C@@H](C)[C@H]3COC[C@@H](c4ccc(Cl)cc4)N3C2=O)ccc1-[n+]1cc(C)n(COP(=O)([O-])O)c1. The van der Waals surface area contributed by atoms with Crippen LogP contribution < -0.4 is 14.2 Å². The Balaban J connectivity index is 1.42. The fourth-order valence-corrected chi connectivity index (χ4v) is 5.34. The van der Waals surface area contributed by atoms with E-state index >= 15 is 0 Å². The quantitative estimate of drug-likeness (QED) is 0.253. The molecule has 3 heterocycles. The highest BCUT2D eigenvalue weighted by atomic mass is 35.5. The number of ether oxygens (including phenoxy) is 3. The summed E-state index contributed by atoms with van der Waals surface area (Å²) in [5, 5.41) is 0.619. The van der Waals surface area contributed by atoms with Gasteiger partial charge in [-0.15, -0.1) is 0 Å². The molecule has 2 aliphatic heterocycles. The van der Waals surface area contributed by atoms with Crippen LogP contribution in [0, 0.1) is 6.92 Å². The topological polar surface area (TPSA) is 126 Å². The minimum Gasteiger partial charge on any atom is -0.756 e. The van der Waals surface area contributed by atoms with Gasteiger partial charge in [-0.2, -0.15) is 4.57 Å². The molecule has 4 atom stereocenters. The largest absolute Gasteiger partial charge is 0.756 e. The molecule has 2 fully saturated rings.